The Balaban J connectivity index is 1.72. The van der Waals surface area contributed by atoms with E-state index in [0.717, 1.165) is 6.42 Å². The molecule has 0 saturated carbocycles. The highest BCUT2D eigenvalue weighted by Crippen LogP contribution is 2.20. The van der Waals surface area contributed by atoms with Gasteiger partial charge in [0.1, 0.15) is 5.75 Å². The zero-order chi connectivity index (χ0) is 19.6. The summed E-state index contributed by atoms with van der Waals surface area (Å²) in [6, 6.07) is 17.3. The van der Waals surface area contributed by atoms with E-state index < -0.39 is 6.10 Å². The van der Waals surface area contributed by atoms with E-state index in [1.807, 2.05) is 50.2 Å². The van der Waals surface area contributed by atoms with Gasteiger partial charge in [0.05, 0.1) is 12.2 Å². The molecule has 0 radical (unpaired) electrons. The zero-order valence-electron chi connectivity index (χ0n) is 16.3. The van der Waals surface area contributed by atoms with Crippen LogP contribution in [-0.4, -0.2) is 30.3 Å². The Morgan fingerprint density at radius 3 is 2.41 bits per heavy atom. The second kappa shape index (κ2) is 10.6. The molecule has 2 unspecified atom stereocenters. The van der Waals surface area contributed by atoms with Crippen LogP contribution >= 0.6 is 0 Å². The maximum atomic E-state index is 12.0. The molecule has 5 heteroatoms. The van der Waals surface area contributed by atoms with Crippen molar-refractivity contribution in [3.05, 3.63) is 65.7 Å². The summed E-state index contributed by atoms with van der Waals surface area (Å²) < 4.78 is 5.63. The van der Waals surface area contributed by atoms with E-state index in [9.17, 15) is 9.90 Å². The second-order valence-electron chi connectivity index (χ2n) is 6.99. The van der Waals surface area contributed by atoms with Gasteiger partial charge in [-0.2, -0.15) is 0 Å². The summed E-state index contributed by atoms with van der Waals surface area (Å²) in [4.78, 5) is 12.0. The van der Waals surface area contributed by atoms with Crippen molar-refractivity contribution in [1.82, 2.24) is 10.6 Å². The van der Waals surface area contributed by atoms with Gasteiger partial charge in [-0.05, 0) is 49.4 Å². The topological polar surface area (TPSA) is 70.6 Å². The van der Waals surface area contributed by atoms with Crippen LogP contribution in [0.5, 0.6) is 5.75 Å². The number of hydrogen-bond acceptors (Lipinski definition) is 3. The maximum absolute atomic E-state index is 12.0. The number of amides is 2. The minimum absolute atomic E-state index is 0.0690. The van der Waals surface area contributed by atoms with Crippen molar-refractivity contribution in [2.75, 3.05) is 13.1 Å². The summed E-state index contributed by atoms with van der Waals surface area (Å²) in [6.07, 6.45) is 0.142. The fraction of sp³-hybridized carbons (Fsp3) is 0.409. The number of rotatable bonds is 9. The average Bonchev–Trinajstić information content (AvgIpc) is 2.66. The summed E-state index contributed by atoms with van der Waals surface area (Å²) in [5.41, 5.74) is 1.98. The Morgan fingerprint density at radius 1 is 1.00 bits per heavy atom. The largest absolute Gasteiger partial charge is 0.491 e. The lowest BCUT2D eigenvalue weighted by molar-refractivity contribution is 0.172. The molecule has 2 aromatic carbocycles. The first-order chi connectivity index (χ1) is 13.0. The standard InChI is InChI=1S/C22H30N2O3/c1-16(2)27-20-11-7-10-19(14-20)21(25)15-24-22(26)23-13-12-17(3)18-8-5-4-6-9-18/h4-11,14,16-17,21,25H,12-13,15H2,1-3H3,(H2,23,24,26). The molecule has 5 nitrogen and oxygen atoms in total. The van der Waals surface area contributed by atoms with Gasteiger partial charge in [-0.25, -0.2) is 4.79 Å². The van der Waals surface area contributed by atoms with Crippen LogP contribution in [0, 0.1) is 0 Å². The van der Waals surface area contributed by atoms with Crippen molar-refractivity contribution in [2.45, 2.75) is 45.3 Å². The first-order valence-electron chi connectivity index (χ1n) is 9.47. The molecule has 2 atom stereocenters. The Labute approximate surface area is 161 Å². The number of carbonyl (C=O) groups excluding carboxylic acids is 1. The van der Waals surface area contributed by atoms with Gasteiger partial charge in [-0.1, -0.05) is 49.4 Å². The molecule has 0 aliphatic rings. The van der Waals surface area contributed by atoms with Crippen molar-refractivity contribution >= 4 is 6.03 Å². The Hall–Kier alpha value is -2.53. The van der Waals surface area contributed by atoms with E-state index in [-0.39, 0.29) is 18.7 Å². The molecule has 0 heterocycles. The third-order valence-electron chi connectivity index (χ3n) is 4.30. The maximum Gasteiger partial charge on any atom is 0.314 e. The van der Waals surface area contributed by atoms with Crippen LogP contribution in [0.4, 0.5) is 4.79 Å². The molecule has 146 valence electrons. The third-order valence-corrected chi connectivity index (χ3v) is 4.30. The predicted octanol–water partition coefficient (Wildman–Crippen LogP) is 4.00. The van der Waals surface area contributed by atoms with Crippen LogP contribution in [0.3, 0.4) is 0 Å². The van der Waals surface area contributed by atoms with Crippen LogP contribution in [0.1, 0.15) is 50.3 Å². The molecule has 0 aliphatic carbocycles. The number of ether oxygens (including phenoxy) is 1. The minimum atomic E-state index is -0.783. The SMILES string of the molecule is CC(C)Oc1cccc(C(O)CNC(=O)NCCC(C)c2ccccc2)c1. The highest BCUT2D eigenvalue weighted by Gasteiger charge is 2.11. The smallest absolute Gasteiger partial charge is 0.314 e. The molecule has 0 aromatic heterocycles. The van der Waals surface area contributed by atoms with Crippen molar-refractivity contribution in [3.63, 3.8) is 0 Å². The van der Waals surface area contributed by atoms with Crippen LogP contribution in [-0.2, 0) is 0 Å². The summed E-state index contributed by atoms with van der Waals surface area (Å²) in [7, 11) is 0. The van der Waals surface area contributed by atoms with E-state index in [4.69, 9.17) is 4.74 Å². The average molecular weight is 370 g/mol. The number of urea groups is 1. The number of aliphatic hydroxyl groups is 1. The molecule has 0 bridgehead atoms. The number of hydrogen-bond donors (Lipinski definition) is 3. The van der Waals surface area contributed by atoms with Gasteiger partial charge in [0.25, 0.3) is 0 Å². The summed E-state index contributed by atoms with van der Waals surface area (Å²) in [6.45, 7) is 6.77. The van der Waals surface area contributed by atoms with Gasteiger partial charge in [-0.15, -0.1) is 0 Å². The number of benzene rings is 2. The van der Waals surface area contributed by atoms with Gasteiger partial charge in [-0.3, -0.25) is 0 Å². The highest BCUT2D eigenvalue weighted by atomic mass is 16.5. The van der Waals surface area contributed by atoms with Crippen molar-refractivity contribution in [2.24, 2.45) is 0 Å². The fourth-order valence-electron chi connectivity index (χ4n) is 2.79. The van der Waals surface area contributed by atoms with Gasteiger partial charge in [0, 0.05) is 13.1 Å². The number of aliphatic hydroxyl groups excluding tert-OH is 1. The Morgan fingerprint density at radius 2 is 1.70 bits per heavy atom. The molecule has 2 amide bonds. The molecule has 0 spiro atoms. The fourth-order valence-corrected chi connectivity index (χ4v) is 2.79. The summed E-state index contributed by atoms with van der Waals surface area (Å²) in [5, 5.41) is 15.8. The predicted molar refractivity (Wildman–Crippen MR) is 108 cm³/mol. The number of nitrogens with one attached hydrogen (secondary N) is 2. The Bertz CT molecular complexity index is 704. The molecule has 2 aromatic rings. The Kier molecular flexibility index (Phi) is 8.14. The molecule has 27 heavy (non-hydrogen) atoms. The zero-order valence-corrected chi connectivity index (χ0v) is 16.3. The monoisotopic (exact) mass is 370 g/mol. The van der Waals surface area contributed by atoms with E-state index in [0.29, 0.717) is 23.8 Å². The van der Waals surface area contributed by atoms with E-state index in [1.54, 1.807) is 6.07 Å². The molecule has 3 N–H and O–H groups in total. The van der Waals surface area contributed by atoms with Crippen molar-refractivity contribution < 1.29 is 14.6 Å². The van der Waals surface area contributed by atoms with Crippen LogP contribution in [0.2, 0.25) is 0 Å². The quantitative estimate of drug-likeness (QED) is 0.625. The van der Waals surface area contributed by atoms with Gasteiger partial charge < -0.3 is 20.5 Å². The normalized spacial score (nSPS) is 13.1. The summed E-state index contributed by atoms with van der Waals surface area (Å²) in [5.74, 6) is 1.08. The molecular formula is C22H30N2O3. The lowest BCUT2D eigenvalue weighted by atomic mass is 9.98. The van der Waals surface area contributed by atoms with E-state index in [1.165, 1.54) is 5.56 Å². The molecule has 2 rings (SSSR count). The van der Waals surface area contributed by atoms with Crippen LogP contribution in [0.25, 0.3) is 0 Å². The molecule has 0 aliphatic heterocycles. The van der Waals surface area contributed by atoms with Crippen molar-refractivity contribution in [1.29, 1.82) is 0 Å². The lowest BCUT2D eigenvalue weighted by Gasteiger charge is -2.16. The van der Waals surface area contributed by atoms with Gasteiger partial charge >= 0.3 is 6.03 Å². The number of carbonyl (C=O) groups is 1. The third kappa shape index (κ3) is 7.31. The van der Waals surface area contributed by atoms with Crippen molar-refractivity contribution in [3.8, 4) is 5.75 Å². The van der Waals surface area contributed by atoms with Gasteiger partial charge in [0.15, 0.2) is 0 Å². The van der Waals surface area contributed by atoms with Crippen LogP contribution in [0.15, 0.2) is 54.6 Å². The lowest BCUT2D eigenvalue weighted by Crippen LogP contribution is -2.38. The van der Waals surface area contributed by atoms with E-state index >= 15 is 0 Å². The minimum Gasteiger partial charge on any atom is -0.491 e. The molecular weight excluding hydrogens is 340 g/mol. The second-order valence-corrected chi connectivity index (χ2v) is 6.99. The molecule has 0 fully saturated rings. The van der Waals surface area contributed by atoms with Gasteiger partial charge in [0.2, 0.25) is 0 Å². The highest BCUT2D eigenvalue weighted by molar-refractivity contribution is 5.73. The summed E-state index contributed by atoms with van der Waals surface area (Å²) >= 11 is 0. The molecule has 0 saturated heterocycles. The van der Waals surface area contributed by atoms with Crippen LogP contribution < -0.4 is 15.4 Å². The first kappa shape index (κ1) is 20.8. The first-order valence-corrected chi connectivity index (χ1v) is 9.47. The van der Waals surface area contributed by atoms with E-state index in [2.05, 4.69) is 29.7 Å².